The van der Waals surface area contributed by atoms with Gasteiger partial charge in [0.15, 0.2) is 12.2 Å². The molecule has 0 radical (unpaired) electrons. The molecule has 0 saturated heterocycles. The van der Waals surface area contributed by atoms with Gasteiger partial charge in [0, 0.05) is 24.8 Å². The topological polar surface area (TPSA) is 159 Å². The fourth-order valence-electron chi connectivity index (χ4n) is 2.81. The third kappa shape index (κ3) is 3.99. The first-order valence-corrected chi connectivity index (χ1v) is 8.34. The highest BCUT2D eigenvalue weighted by molar-refractivity contribution is 5.89. The summed E-state index contributed by atoms with van der Waals surface area (Å²) in [5.74, 6) is -1.83. The molecule has 1 saturated carbocycles. The summed E-state index contributed by atoms with van der Waals surface area (Å²) in [6.45, 7) is 0. The van der Waals surface area contributed by atoms with Crippen LogP contribution in [0.2, 0.25) is 0 Å². The Morgan fingerprint density at radius 1 is 0.714 bits per heavy atom. The van der Waals surface area contributed by atoms with Crippen LogP contribution in [0.15, 0.2) is 49.1 Å². The van der Waals surface area contributed by atoms with Gasteiger partial charge in [-0.25, -0.2) is 9.59 Å². The van der Waals surface area contributed by atoms with Crippen molar-refractivity contribution in [1.82, 2.24) is 9.97 Å². The number of aliphatic hydroxyl groups excluding tert-OH is 4. The number of esters is 2. The largest absolute Gasteiger partial charge is 0.453 e. The number of carbonyl (C=O) groups is 2. The Balaban J connectivity index is 1.72. The van der Waals surface area contributed by atoms with E-state index in [0.717, 1.165) is 0 Å². The molecule has 4 N–H and O–H groups in total. The van der Waals surface area contributed by atoms with Gasteiger partial charge in [-0.2, -0.15) is 0 Å². The van der Waals surface area contributed by atoms with Gasteiger partial charge in [0.1, 0.15) is 24.4 Å². The number of hydrogen-bond donors (Lipinski definition) is 4. The van der Waals surface area contributed by atoms with Crippen molar-refractivity contribution in [2.24, 2.45) is 0 Å². The van der Waals surface area contributed by atoms with E-state index in [1.807, 2.05) is 0 Å². The SMILES string of the molecule is O=C(OC1C(O)C(O)C(OC(=O)c2cccnc2)C(O)C1O)c1cccnc1. The Hall–Kier alpha value is -2.92. The maximum Gasteiger partial charge on any atom is 0.340 e. The third-order valence-corrected chi connectivity index (χ3v) is 4.33. The molecule has 2 aromatic heterocycles. The van der Waals surface area contributed by atoms with Crippen molar-refractivity contribution in [2.45, 2.75) is 36.6 Å². The van der Waals surface area contributed by atoms with Crippen molar-refractivity contribution >= 4 is 11.9 Å². The molecule has 0 bridgehead atoms. The van der Waals surface area contributed by atoms with E-state index in [2.05, 4.69) is 9.97 Å². The minimum atomic E-state index is -1.81. The Labute approximate surface area is 159 Å². The van der Waals surface area contributed by atoms with Crippen molar-refractivity contribution in [3.63, 3.8) is 0 Å². The molecule has 2 aromatic rings. The number of pyridine rings is 2. The second-order valence-electron chi connectivity index (χ2n) is 6.19. The number of rotatable bonds is 4. The van der Waals surface area contributed by atoms with E-state index in [0.29, 0.717) is 0 Å². The minimum Gasteiger partial charge on any atom is -0.453 e. The first kappa shape index (κ1) is 19.8. The molecule has 4 atom stereocenters. The van der Waals surface area contributed by atoms with E-state index in [1.54, 1.807) is 0 Å². The molecule has 10 nitrogen and oxygen atoms in total. The van der Waals surface area contributed by atoms with Crippen LogP contribution in [0, 0.1) is 0 Å². The molecule has 0 amide bonds. The van der Waals surface area contributed by atoms with Crippen LogP contribution in [0.5, 0.6) is 0 Å². The maximum absolute atomic E-state index is 12.1. The quantitative estimate of drug-likeness (QED) is 0.461. The van der Waals surface area contributed by atoms with Crippen LogP contribution in [0.25, 0.3) is 0 Å². The van der Waals surface area contributed by atoms with Crippen LogP contribution in [0.3, 0.4) is 0 Å². The average molecular weight is 390 g/mol. The van der Waals surface area contributed by atoms with Crippen LogP contribution < -0.4 is 0 Å². The van der Waals surface area contributed by atoms with E-state index in [9.17, 15) is 30.0 Å². The fraction of sp³-hybridized carbons (Fsp3) is 0.333. The van der Waals surface area contributed by atoms with Gasteiger partial charge in [-0.05, 0) is 24.3 Å². The molecule has 28 heavy (non-hydrogen) atoms. The molecule has 1 fully saturated rings. The zero-order valence-corrected chi connectivity index (χ0v) is 14.4. The molecule has 4 unspecified atom stereocenters. The van der Waals surface area contributed by atoms with Crippen LogP contribution in [-0.4, -0.2) is 79.0 Å². The molecule has 2 heterocycles. The number of aliphatic hydroxyl groups is 4. The number of ether oxygens (including phenoxy) is 2. The summed E-state index contributed by atoms with van der Waals surface area (Å²) in [4.78, 5) is 31.7. The van der Waals surface area contributed by atoms with Gasteiger partial charge in [0.05, 0.1) is 11.1 Å². The molecule has 0 aromatic carbocycles. The second-order valence-corrected chi connectivity index (χ2v) is 6.19. The van der Waals surface area contributed by atoms with Crippen LogP contribution >= 0.6 is 0 Å². The molecular formula is C18H18N2O8. The summed E-state index contributed by atoms with van der Waals surface area (Å²) in [6.07, 6.45) is -5.24. The lowest BCUT2D eigenvalue weighted by molar-refractivity contribution is -0.223. The van der Waals surface area contributed by atoms with Gasteiger partial charge < -0.3 is 29.9 Å². The Kier molecular flexibility index (Phi) is 5.95. The van der Waals surface area contributed by atoms with Gasteiger partial charge >= 0.3 is 11.9 Å². The van der Waals surface area contributed by atoms with Crippen molar-refractivity contribution in [2.75, 3.05) is 0 Å². The third-order valence-electron chi connectivity index (χ3n) is 4.33. The van der Waals surface area contributed by atoms with Crippen molar-refractivity contribution < 1.29 is 39.5 Å². The summed E-state index contributed by atoms with van der Waals surface area (Å²) in [5, 5.41) is 41.0. The summed E-state index contributed by atoms with van der Waals surface area (Å²) >= 11 is 0. The maximum atomic E-state index is 12.1. The van der Waals surface area contributed by atoms with E-state index >= 15 is 0 Å². The average Bonchev–Trinajstić information content (AvgIpc) is 2.73. The van der Waals surface area contributed by atoms with Crippen LogP contribution in [0.4, 0.5) is 0 Å². The van der Waals surface area contributed by atoms with E-state index in [4.69, 9.17) is 9.47 Å². The van der Waals surface area contributed by atoms with E-state index < -0.39 is 48.6 Å². The predicted molar refractivity (Wildman–Crippen MR) is 90.9 cm³/mol. The van der Waals surface area contributed by atoms with Gasteiger partial charge in [0.2, 0.25) is 0 Å². The fourth-order valence-corrected chi connectivity index (χ4v) is 2.81. The zero-order chi connectivity index (χ0) is 20.3. The van der Waals surface area contributed by atoms with Gasteiger partial charge in [-0.15, -0.1) is 0 Å². The Morgan fingerprint density at radius 2 is 1.07 bits per heavy atom. The highest BCUT2D eigenvalue weighted by atomic mass is 16.6. The second kappa shape index (κ2) is 8.40. The van der Waals surface area contributed by atoms with Crippen molar-refractivity contribution in [3.05, 3.63) is 60.2 Å². The number of nitrogens with zero attached hydrogens (tertiary/aromatic N) is 2. The summed E-state index contributed by atoms with van der Waals surface area (Å²) in [5.41, 5.74) is 0.104. The van der Waals surface area contributed by atoms with Crippen molar-refractivity contribution in [3.8, 4) is 0 Å². The van der Waals surface area contributed by atoms with E-state index in [-0.39, 0.29) is 11.1 Å². The highest BCUT2D eigenvalue weighted by Gasteiger charge is 2.52. The normalized spacial score (nSPS) is 29.7. The van der Waals surface area contributed by atoms with Gasteiger partial charge in [0.25, 0.3) is 0 Å². The minimum absolute atomic E-state index is 0.0519. The monoisotopic (exact) mass is 390 g/mol. The summed E-state index contributed by atoms with van der Waals surface area (Å²) in [6, 6.07) is 5.79. The molecule has 1 aliphatic carbocycles. The highest BCUT2D eigenvalue weighted by Crippen LogP contribution is 2.27. The zero-order valence-electron chi connectivity index (χ0n) is 14.4. The summed E-state index contributed by atoms with van der Waals surface area (Å²) in [7, 11) is 0. The lowest BCUT2D eigenvalue weighted by atomic mass is 9.84. The molecule has 0 spiro atoms. The smallest absolute Gasteiger partial charge is 0.340 e. The number of carbonyl (C=O) groups excluding carboxylic acids is 2. The molecular weight excluding hydrogens is 372 g/mol. The first-order chi connectivity index (χ1) is 13.4. The number of hydrogen-bond acceptors (Lipinski definition) is 10. The lowest BCUT2D eigenvalue weighted by Gasteiger charge is -2.42. The van der Waals surface area contributed by atoms with Crippen LogP contribution in [-0.2, 0) is 9.47 Å². The number of aromatic nitrogens is 2. The Bertz CT molecular complexity index is 733. The van der Waals surface area contributed by atoms with Gasteiger partial charge in [-0.1, -0.05) is 0 Å². The van der Waals surface area contributed by atoms with E-state index in [1.165, 1.54) is 49.1 Å². The molecule has 148 valence electrons. The molecule has 3 rings (SSSR count). The first-order valence-electron chi connectivity index (χ1n) is 8.34. The van der Waals surface area contributed by atoms with Crippen LogP contribution in [0.1, 0.15) is 20.7 Å². The standard InChI is InChI=1S/C18H18N2O8/c21-11-13(23)16(28-18(26)10-4-2-6-20-8-10)14(24)12(22)15(11)27-17(25)9-3-1-5-19-7-9/h1-8,11-16,21-24H. The molecule has 10 heteroatoms. The summed E-state index contributed by atoms with van der Waals surface area (Å²) < 4.78 is 10.1. The van der Waals surface area contributed by atoms with Gasteiger partial charge in [-0.3, -0.25) is 9.97 Å². The Morgan fingerprint density at radius 3 is 1.36 bits per heavy atom. The predicted octanol–water partition coefficient (Wildman–Crippen LogP) is -1.32. The molecule has 1 aliphatic rings. The lowest BCUT2D eigenvalue weighted by Crippen LogP contribution is -2.65. The molecule has 0 aliphatic heterocycles. The van der Waals surface area contributed by atoms with Crippen molar-refractivity contribution in [1.29, 1.82) is 0 Å².